The summed E-state index contributed by atoms with van der Waals surface area (Å²) in [5.74, 6) is 0.291. The quantitative estimate of drug-likeness (QED) is 0.447. The Balaban J connectivity index is 3.16. The van der Waals surface area contributed by atoms with Gasteiger partial charge in [0.2, 0.25) is 0 Å². The Bertz CT molecular complexity index is 216. The minimum absolute atomic E-state index is 0.134. The second-order valence-corrected chi connectivity index (χ2v) is 5.94. The molecule has 0 radical (unpaired) electrons. The molecule has 0 aliphatic carbocycles. The highest BCUT2D eigenvalue weighted by molar-refractivity contribution is 5.75. The lowest BCUT2D eigenvalue weighted by Crippen LogP contribution is -2.05. The molecule has 0 spiro atoms. The normalized spacial score (nSPS) is 12.6. The molecule has 0 aromatic rings. The summed E-state index contributed by atoms with van der Waals surface area (Å²) in [4.78, 5) is 10.8. The van der Waals surface area contributed by atoms with E-state index < -0.39 is 0 Å². The van der Waals surface area contributed by atoms with Gasteiger partial charge in [-0.3, -0.25) is 0 Å². The zero-order valence-corrected chi connectivity index (χ0v) is 13.3. The van der Waals surface area contributed by atoms with Gasteiger partial charge in [-0.25, -0.2) is 0 Å². The molecular formula is C17H34O3. The van der Waals surface area contributed by atoms with Crippen molar-refractivity contribution in [3.63, 3.8) is 0 Å². The SMILES string of the molecule is CC(=O)CCCCCCCC(O)CCCCCCCO. The van der Waals surface area contributed by atoms with E-state index >= 15 is 0 Å². The zero-order valence-electron chi connectivity index (χ0n) is 13.3. The number of hydrogen-bond acceptors (Lipinski definition) is 3. The fourth-order valence-electron chi connectivity index (χ4n) is 2.45. The molecule has 0 aromatic carbocycles. The summed E-state index contributed by atoms with van der Waals surface area (Å²) < 4.78 is 0. The highest BCUT2D eigenvalue weighted by Gasteiger charge is 2.03. The molecule has 0 saturated carbocycles. The van der Waals surface area contributed by atoms with Crippen LogP contribution in [-0.2, 0) is 4.79 Å². The van der Waals surface area contributed by atoms with Crippen LogP contribution in [0.5, 0.6) is 0 Å². The smallest absolute Gasteiger partial charge is 0.129 e. The number of carbonyl (C=O) groups is 1. The van der Waals surface area contributed by atoms with Crippen molar-refractivity contribution in [3.05, 3.63) is 0 Å². The summed E-state index contributed by atoms with van der Waals surface area (Å²) in [5, 5.41) is 18.5. The van der Waals surface area contributed by atoms with Gasteiger partial charge in [-0.15, -0.1) is 0 Å². The monoisotopic (exact) mass is 286 g/mol. The van der Waals surface area contributed by atoms with Gasteiger partial charge < -0.3 is 15.0 Å². The van der Waals surface area contributed by atoms with E-state index in [0.717, 1.165) is 57.8 Å². The Morgan fingerprint density at radius 1 is 0.800 bits per heavy atom. The van der Waals surface area contributed by atoms with E-state index in [1.807, 2.05) is 0 Å². The number of ketones is 1. The van der Waals surface area contributed by atoms with Crippen molar-refractivity contribution in [2.75, 3.05) is 6.61 Å². The lowest BCUT2D eigenvalue weighted by molar-refractivity contribution is -0.117. The third-order valence-electron chi connectivity index (χ3n) is 3.76. The van der Waals surface area contributed by atoms with Gasteiger partial charge in [-0.1, -0.05) is 51.4 Å². The molecule has 20 heavy (non-hydrogen) atoms. The minimum Gasteiger partial charge on any atom is -0.396 e. The summed E-state index contributed by atoms with van der Waals surface area (Å²) >= 11 is 0. The van der Waals surface area contributed by atoms with Gasteiger partial charge in [0, 0.05) is 13.0 Å². The second kappa shape index (κ2) is 15.0. The molecular weight excluding hydrogens is 252 g/mol. The van der Waals surface area contributed by atoms with Crippen LogP contribution < -0.4 is 0 Å². The van der Waals surface area contributed by atoms with Crippen LogP contribution in [0.2, 0.25) is 0 Å². The van der Waals surface area contributed by atoms with Gasteiger partial charge in [0.15, 0.2) is 0 Å². The van der Waals surface area contributed by atoms with Gasteiger partial charge in [-0.2, -0.15) is 0 Å². The highest BCUT2D eigenvalue weighted by atomic mass is 16.3. The van der Waals surface area contributed by atoms with Gasteiger partial charge in [0.05, 0.1) is 6.10 Å². The van der Waals surface area contributed by atoms with E-state index in [1.165, 1.54) is 25.7 Å². The Hall–Kier alpha value is -0.410. The molecule has 3 heteroatoms. The molecule has 0 bridgehead atoms. The molecule has 3 nitrogen and oxygen atoms in total. The zero-order chi connectivity index (χ0) is 15.1. The van der Waals surface area contributed by atoms with E-state index in [1.54, 1.807) is 6.92 Å². The number of carbonyl (C=O) groups excluding carboxylic acids is 1. The molecule has 0 saturated heterocycles. The highest BCUT2D eigenvalue weighted by Crippen LogP contribution is 2.13. The van der Waals surface area contributed by atoms with Crippen LogP contribution in [0, 0.1) is 0 Å². The Morgan fingerprint density at radius 3 is 1.75 bits per heavy atom. The van der Waals surface area contributed by atoms with E-state index in [2.05, 4.69) is 0 Å². The molecule has 120 valence electrons. The molecule has 0 rings (SSSR count). The molecule has 0 aliphatic rings. The van der Waals surface area contributed by atoms with Gasteiger partial charge in [0.1, 0.15) is 5.78 Å². The molecule has 0 heterocycles. The third kappa shape index (κ3) is 15.6. The van der Waals surface area contributed by atoms with Crippen LogP contribution in [0.15, 0.2) is 0 Å². The Morgan fingerprint density at radius 2 is 1.25 bits per heavy atom. The fraction of sp³-hybridized carbons (Fsp3) is 0.941. The van der Waals surface area contributed by atoms with Gasteiger partial charge in [-0.05, 0) is 32.6 Å². The lowest BCUT2D eigenvalue weighted by Gasteiger charge is -2.10. The standard InChI is InChI=1S/C17H34O3/c1-16(19)12-8-4-2-5-9-13-17(20)14-10-6-3-7-11-15-18/h17-18,20H,2-15H2,1H3. The van der Waals surface area contributed by atoms with E-state index in [-0.39, 0.29) is 6.10 Å². The van der Waals surface area contributed by atoms with Crippen LogP contribution in [0.3, 0.4) is 0 Å². The van der Waals surface area contributed by atoms with Gasteiger partial charge >= 0.3 is 0 Å². The number of rotatable bonds is 15. The van der Waals surface area contributed by atoms with Crippen molar-refractivity contribution < 1.29 is 15.0 Å². The summed E-state index contributed by atoms with van der Waals surface area (Å²) in [6.07, 6.45) is 13.5. The van der Waals surface area contributed by atoms with E-state index in [9.17, 15) is 9.90 Å². The maximum atomic E-state index is 10.8. The number of aliphatic hydroxyl groups excluding tert-OH is 2. The van der Waals surface area contributed by atoms with Crippen molar-refractivity contribution in [1.29, 1.82) is 0 Å². The fourth-order valence-corrected chi connectivity index (χ4v) is 2.45. The predicted molar refractivity (Wildman–Crippen MR) is 83.8 cm³/mol. The van der Waals surface area contributed by atoms with Gasteiger partial charge in [0.25, 0.3) is 0 Å². The van der Waals surface area contributed by atoms with Crippen molar-refractivity contribution in [2.45, 2.75) is 96.5 Å². The van der Waals surface area contributed by atoms with Crippen molar-refractivity contribution >= 4 is 5.78 Å². The number of unbranched alkanes of at least 4 members (excludes halogenated alkanes) is 8. The molecule has 0 amide bonds. The summed E-state index contributed by atoms with van der Waals surface area (Å²) in [7, 11) is 0. The van der Waals surface area contributed by atoms with Crippen molar-refractivity contribution in [1.82, 2.24) is 0 Å². The molecule has 0 aromatic heterocycles. The molecule has 0 fully saturated rings. The molecule has 0 aliphatic heterocycles. The van der Waals surface area contributed by atoms with Crippen molar-refractivity contribution in [2.24, 2.45) is 0 Å². The maximum Gasteiger partial charge on any atom is 0.129 e. The maximum absolute atomic E-state index is 10.8. The molecule has 1 unspecified atom stereocenters. The van der Waals surface area contributed by atoms with Crippen LogP contribution in [0.25, 0.3) is 0 Å². The Labute approximate surface area is 124 Å². The largest absolute Gasteiger partial charge is 0.396 e. The average Bonchev–Trinajstić information content (AvgIpc) is 2.41. The van der Waals surface area contributed by atoms with Crippen LogP contribution in [-0.4, -0.2) is 28.7 Å². The topological polar surface area (TPSA) is 57.5 Å². The average molecular weight is 286 g/mol. The van der Waals surface area contributed by atoms with Crippen LogP contribution >= 0.6 is 0 Å². The molecule has 1 atom stereocenters. The first-order chi connectivity index (χ1) is 9.66. The van der Waals surface area contributed by atoms with E-state index in [0.29, 0.717) is 12.4 Å². The van der Waals surface area contributed by atoms with Crippen LogP contribution in [0.4, 0.5) is 0 Å². The number of aliphatic hydroxyl groups is 2. The first-order valence-electron chi connectivity index (χ1n) is 8.45. The summed E-state index contributed by atoms with van der Waals surface area (Å²) in [6.45, 7) is 1.95. The summed E-state index contributed by atoms with van der Waals surface area (Å²) in [6, 6.07) is 0. The van der Waals surface area contributed by atoms with E-state index in [4.69, 9.17) is 5.11 Å². The predicted octanol–water partition coefficient (Wildman–Crippen LogP) is 4.00. The van der Waals surface area contributed by atoms with Crippen LogP contribution in [0.1, 0.15) is 90.4 Å². The lowest BCUT2D eigenvalue weighted by atomic mass is 10.0. The molecule has 2 N–H and O–H groups in total. The Kier molecular flexibility index (Phi) is 14.7. The first kappa shape index (κ1) is 19.6. The minimum atomic E-state index is -0.134. The van der Waals surface area contributed by atoms with Crippen molar-refractivity contribution in [3.8, 4) is 0 Å². The number of Topliss-reactive ketones (excluding diaryl/α,β-unsaturated/α-hetero) is 1. The second-order valence-electron chi connectivity index (χ2n) is 5.94. The third-order valence-corrected chi connectivity index (χ3v) is 3.76. The summed E-state index contributed by atoms with van der Waals surface area (Å²) in [5.41, 5.74) is 0. The number of hydrogen-bond donors (Lipinski definition) is 2. The first-order valence-corrected chi connectivity index (χ1v) is 8.45.